The Morgan fingerprint density at radius 2 is 2.04 bits per heavy atom. The number of hydrogen-bond acceptors (Lipinski definition) is 4. The second kappa shape index (κ2) is 6.58. The topological polar surface area (TPSA) is 58.8 Å². The molecule has 1 aliphatic heterocycles. The molecule has 2 aromatic rings. The zero-order chi connectivity index (χ0) is 18.0. The SMILES string of the molecule is C=Cc1nc(C#N)ccc1C(=C)C(=C)c1nccc2c1C(=C)OCC2. The molecule has 0 bridgehead atoms. The standard InChI is InChI=1S/C21H17N3O/c1-5-19-18(7-6-17(12-22)24-19)13(2)14(3)21-20-15(4)25-11-9-16(20)8-10-23-21/h5-8,10H,1-4,9,11H2. The first-order valence-electron chi connectivity index (χ1n) is 7.79. The van der Waals surface area contributed by atoms with Gasteiger partial charge in [0.25, 0.3) is 0 Å². The van der Waals surface area contributed by atoms with Gasteiger partial charge in [0, 0.05) is 29.3 Å². The first kappa shape index (κ1) is 16.4. The van der Waals surface area contributed by atoms with Gasteiger partial charge in [-0.3, -0.25) is 4.98 Å². The van der Waals surface area contributed by atoms with Crippen LogP contribution in [0.3, 0.4) is 0 Å². The van der Waals surface area contributed by atoms with E-state index in [1.54, 1.807) is 24.4 Å². The van der Waals surface area contributed by atoms with Gasteiger partial charge in [-0.05, 0) is 35.4 Å². The van der Waals surface area contributed by atoms with Crippen molar-refractivity contribution in [3.05, 3.63) is 84.5 Å². The summed E-state index contributed by atoms with van der Waals surface area (Å²) in [6.45, 7) is 16.7. The molecule has 3 heterocycles. The number of hydrogen-bond donors (Lipinski definition) is 0. The van der Waals surface area contributed by atoms with Crippen LogP contribution in [-0.2, 0) is 11.2 Å². The molecule has 0 saturated carbocycles. The lowest BCUT2D eigenvalue weighted by Crippen LogP contribution is -2.12. The molecule has 0 aromatic carbocycles. The molecule has 1 aliphatic rings. The lowest BCUT2D eigenvalue weighted by molar-refractivity contribution is 0.271. The highest BCUT2D eigenvalue weighted by Gasteiger charge is 2.22. The Morgan fingerprint density at radius 3 is 2.76 bits per heavy atom. The van der Waals surface area contributed by atoms with Gasteiger partial charge in [-0.1, -0.05) is 26.3 Å². The second-order valence-corrected chi connectivity index (χ2v) is 5.62. The number of rotatable bonds is 4. The number of ether oxygens (including phenoxy) is 1. The molecule has 0 saturated heterocycles. The molecule has 0 unspecified atom stereocenters. The monoisotopic (exact) mass is 327 g/mol. The van der Waals surface area contributed by atoms with Gasteiger partial charge < -0.3 is 4.74 Å². The van der Waals surface area contributed by atoms with Crippen molar-refractivity contribution in [2.24, 2.45) is 0 Å². The van der Waals surface area contributed by atoms with Gasteiger partial charge in [0.05, 0.1) is 18.0 Å². The molecule has 4 heteroatoms. The molecule has 0 spiro atoms. The quantitative estimate of drug-likeness (QED) is 0.787. The van der Waals surface area contributed by atoms with Crippen molar-refractivity contribution < 1.29 is 4.74 Å². The molecule has 0 fully saturated rings. The number of fused-ring (bicyclic) bond motifs is 1. The Bertz CT molecular complexity index is 964. The second-order valence-electron chi connectivity index (χ2n) is 5.62. The van der Waals surface area contributed by atoms with Crippen molar-refractivity contribution in [2.75, 3.05) is 6.61 Å². The van der Waals surface area contributed by atoms with Gasteiger partial charge >= 0.3 is 0 Å². The number of aromatic nitrogens is 2. The van der Waals surface area contributed by atoms with Gasteiger partial charge in [0.15, 0.2) is 0 Å². The lowest BCUT2D eigenvalue weighted by Gasteiger charge is -2.23. The summed E-state index contributed by atoms with van der Waals surface area (Å²) in [6.07, 6.45) is 4.17. The van der Waals surface area contributed by atoms with Crippen LogP contribution in [0.4, 0.5) is 0 Å². The Morgan fingerprint density at radius 1 is 1.24 bits per heavy atom. The molecule has 0 amide bonds. The van der Waals surface area contributed by atoms with E-state index in [2.05, 4.69) is 36.3 Å². The third kappa shape index (κ3) is 2.88. The minimum atomic E-state index is 0.328. The Labute approximate surface area is 147 Å². The Kier molecular flexibility index (Phi) is 4.32. The van der Waals surface area contributed by atoms with Gasteiger partial charge in [-0.2, -0.15) is 5.26 Å². The van der Waals surface area contributed by atoms with Crippen molar-refractivity contribution in [1.82, 2.24) is 9.97 Å². The van der Waals surface area contributed by atoms with Crippen LogP contribution in [0.15, 0.2) is 50.7 Å². The smallest absolute Gasteiger partial charge is 0.141 e. The van der Waals surface area contributed by atoms with Crippen molar-refractivity contribution in [2.45, 2.75) is 6.42 Å². The molecule has 2 aromatic heterocycles. The molecule has 0 N–H and O–H groups in total. The summed E-state index contributed by atoms with van der Waals surface area (Å²) in [5, 5.41) is 9.02. The summed E-state index contributed by atoms with van der Waals surface area (Å²) >= 11 is 0. The van der Waals surface area contributed by atoms with Crippen LogP contribution < -0.4 is 0 Å². The van der Waals surface area contributed by atoms with E-state index in [0.717, 1.165) is 23.1 Å². The van der Waals surface area contributed by atoms with Crippen LogP contribution in [0.1, 0.15) is 33.8 Å². The molecule has 0 atom stereocenters. The van der Waals surface area contributed by atoms with Gasteiger partial charge in [0.1, 0.15) is 17.5 Å². The summed E-state index contributed by atoms with van der Waals surface area (Å²) in [5.41, 5.74) is 5.73. The summed E-state index contributed by atoms with van der Waals surface area (Å²) in [6, 6.07) is 7.45. The normalized spacial score (nSPS) is 12.5. The zero-order valence-corrected chi connectivity index (χ0v) is 13.9. The number of nitrogens with zero attached hydrogens (tertiary/aromatic N) is 3. The van der Waals surface area contributed by atoms with Crippen LogP contribution in [0.25, 0.3) is 23.0 Å². The fourth-order valence-corrected chi connectivity index (χ4v) is 2.86. The largest absolute Gasteiger partial charge is 0.493 e. The molecular weight excluding hydrogens is 310 g/mol. The maximum atomic E-state index is 9.02. The first-order chi connectivity index (χ1) is 12.1. The third-order valence-corrected chi connectivity index (χ3v) is 4.17. The lowest BCUT2D eigenvalue weighted by atomic mass is 9.91. The van der Waals surface area contributed by atoms with E-state index in [9.17, 15) is 0 Å². The number of nitriles is 1. The summed E-state index contributed by atoms with van der Waals surface area (Å²) in [5.74, 6) is 0.597. The molecule has 4 nitrogen and oxygen atoms in total. The summed E-state index contributed by atoms with van der Waals surface area (Å²) in [7, 11) is 0. The van der Waals surface area contributed by atoms with Crippen LogP contribution in [0, 0.1) is 11.3 Å². The van der Waals surface area contributed by atoms with Gasteiger partial charge in [-0.25, -0.2) is 4.98 Å². The highest BCUT2D eigenvalue weighted by atomic mass is 16.5. The molecule has 0 aliphatic carbocycles. The number of pyridine rings is 2. The van der Waals surface area contributed by atoms with Gasteiger partial charge in [0.2, 0.25) is 0 Å². The van der Waals surface area contributed by atoms with Crippen LogP contribution in [-0.4, -0.2) is 16.6 Å². The average Bonchev–Trinajstić information content (AvgIpc) is 2.66. The molecule has 25 heavy (non-hydrogen) atoms. The van der Waals surface area contributed by atoms with Crippen LogP contribution in [0.2, 0.25) is 0 Å². The van der Waals surface area contributed by atoms with Crippen LogP contribution >= 0.6 is 0 Å². The summed E-state index contributed by atoms with van der Waals surface area (Å²) < 4.78 is 5.59. The van der Waals surface area contributed by atoms with E-state index in [4.69, 9.17) is 10.00 Å². The molecule has 3 rings (SSSR count). The molecule has 122 valence electrons. The van der Waals surface area contributed by atoms with Crippen LogP contribution in [0.5, 0.6) is 0 Å². The van der Waals surface area contributed by atoms with Crippen molar-refractivity contribution >= 4 is 23.0 Å². The maximum Gasteiger partial charge on any atom is 0.141 e. The highest BCUT2D eigenvalue weighted by Crippen LogP contribution is 2.36. The van der Waals surface area contributed by atoms with Crippen molar-refractivity contribution in [3.8, 4) is 6.07 Å². The molecule has 0 radical (unpaired) electrons. The predicted molar refractivity (Wildman–Crippen MR) is 100 cm³/mol. The van der Waals surface area contributed by atoms with E-state index >= 15 is 0 Å². The fraction of sp³-hybridized carbons (Fsp3) is 0.0952. The third-order valence-electron chi connectivity index (χ3n) is 4.17. The van der Waals surface area contributed by atoms with Gasteiger partial charge in [-0.15, -0.1) is 0 Å². The van der Waals surface area contributed by atoms with E-state index in [-0.39, 0.29) is 0 Å². The first-order valence-corrected chi connectivity index (χ1v) is 7.79. The highest BCUT2D eigenvalue weighted by molar-refractivity contribution is 6.05. The number of allylic oxidation sites excluding steroid dienone is 2. The fourth-order valence-electron chi connectivity index (χ4n) is 2.86. The Hall–Kier alpha value is -3.45. The van der Waals surface area contributed by atoms with Crippen molar-refractivity contribution in [3.63, 3.8) is 0 Å². The zero-order valence-electron chi connectivity index (χ0n) is 13.9. The van der Waals surface area contributed by atoms with E-state index in [1.807, 2.05) is 12.1 Å². The minimum absolute atomic E-state index is 0.328. The van der Waals surface area contributed by atoms with E-state index in [0.29, 0.717) is 40.6 Å². The summed E-state index contributed by atoms with van der Waals surface area (Å²) in [4.78, 5) is 8.74. The van der Waals surface area contributed by atoms with E-state index < -0.39 is 0 Å². The average molecular weight is 327 g/mol. The minimum Gasteiger partial charge on any atom is -0.493 e. The van der Waals surface area contributed by atoms with E-state index in [1.165, 1.54) is 0 Å². The van der Waals surface area contributed by atoms with Crippen molar-refractivity contribution in [1.29, 1.82) is 5.26 Å². The maximum absolute atomic E-state index is 9.02. The Balaban J connectivity index is 2.06. The predicted octanol–water partition coefficient (Wildman–Crippen LogP) is 4.26. The molecular formula is C21H17N3O.